The van der Waals surface area contributed by atoms with Gasteiger partial charge in [0.15, 0.2) is 0 Å². The summed E-state index contributed by atoms with van der Waals surface area (Å²) in [7, 11) is 1.98. The van der Waals surface area contributed by atoms with Gasteiger partial charge >= 0.3 is 0 Å². The van der Waals surface area contributed by atoms with Crippen LogP contribution in [0.15, 0.2) is 18.2 Å². The third-order valence-corrected chi connectivity index (χ3v) is 3.12. The van der Waals surface area contributed by atoms with Crippen molar-refractivity contribution in [2.45, 2.75) is 26.3 Å². The van der Waals surface area contributed by atoms with Crippen molar-refractivity contribution >= 4 is 16.9 Å². The third kappa shape index (κ3) is 2.91. The van der Waals surface area contributed by atoms with E-state index >= 15 is 0 Å². The standard InChI is InChI=1S/C14H16N4O/c1-10-17-12-8-11(5-6-13(12)18(10)2)9-16-14(19)4-3-7-15/h5-6,8H,3-4,9H2,1-2H3,(H,16,19). The Balaban J connectivity index is 2.06. The molecule has 0 fully saturated rings. The van der Waals surface area contributed by atoms with E-state index in [1.165, 1.54) is 0 Å². The van der Waals surface area contributed by atoms with Crippen molar-refractivity contribution in [3.05, 3.63) is 29.6 Å². The monoisotopic (exact) mass is 256 g/mol. The van der Waals surface area contributed by atoms with E-state index < -0.39 is 0 Å². The zero-order valence-corrected chi connectivity index (χ0v) is 11.1. The fourth-order valence-corrected chi connectivity index (χ4v) is 1.93. The number of nitriles is 1. The van der Waals surface area contributed by atoms with Crippen LogP contribution in [-0.4, -0.2) is 15.5 Å². The predicted octanol–water partition coefficient (Wildman–Crippen LogP) is 1.80. The molecule has 0 saturated carbocycles. The minimum atomic E-state index is -0.0983. The summed E-state index contributed by atoms with van der Waals surface area (Å²) in [5.41, 5.74) is 3.02. The molecular formula is C14H16N4O. The number of rotatable bonds is 4. The van der Waals surface area contributed by atoms with Crippen LogP contribution < -0.4 is 5.32 Å². The summed E-state index contributed by atoms with van der Waals surface area (Å²) in [6.07, 6.45) is 0.506. The van der Waals surface area contributed by atoms with E-state index in [1.54, 1.807) is 0 Å². The Bertz CT molecular complexity index is 651. The number of aryl methyl sites for hydroxylation is 2. The number of imidazole rings is 1. The molecule has 0 aliphatic heterocycles. The molecule has 0 aliphatic rings. The van der Waals surface area contributed by atoms with E-state index in [0.717, 1.165) is 22.4 Å². The molecule has 1 heterocycles. The molecule has 5 heteroatoms. The topological polar surface area (TPSA) is 70.7 Å². The van der Waals surface area contributed by atoms with Gasteiger partial charge in [-0.3, -0.25) is 4.79 Å². The summed E-state index contributed by atoms with van der Waals surface area (Å²) in [5.74, 6) is 0.865. The number of hydrogen-bond donors (Lipinski definition) is 1. The summed E-state index contributed by atoms with van der Waals surface area (Å²) in [5, 5.41) is 11.2. The summed E-state index contributed by atoms with van der Waals surface area (Å²) in [6, 6.07) is 7.92. The second-order valence-corrected chi connectivity index (χ2v) is 4.48. The lowest BCUT2D eigenvalue weighted by molar-refractivity contribution is -0.121. The second kappa shape index (κ2) is 5.53. The highest BCUT2D eigenvalue weighted by Gasteiger charge is 2.06. The molecule has 0 saturated heterocycles. The van der Waals surface area contributed by atoms with E-state index in [2.05, 4.69) is 10.3 Å². The van der Waals surface area contributed by atoms with Gasteiger partial charge in [-0.15, -0.1) is 0 Å². The molecule has 98 valence electrons. The van der Waals surface area contributed by atoms with Gasteiger partial charge in [0.2, 0.25) is 5.91 Å². The molecule has 1 N–H and O–H groups in total. The molecule has 19 heavy (non-hydrogen) atoms. The maximum absolute atomic E-state index is 11.4. The summed E-state index contributed by atoms with van der Waals surface area (Å²) in [4.78, 5) is 15.9. The van der Waals surface area contributed by atoms with Crippen molar-refractivity contribution in [3.63, 3.8) is 0 Å². The maximum atomic E-state index is 11.4. The van der Waals surface area contributed by atoms with Gasteiger partial charge in [0.05, 0.1) is 17.1 Å². The maximum Gasteiger partial charge on any atom is 0.221 e. The number of aromatic nitrogens is 2. The number of carbonyl (C=O) groups is 1. The van der Waals surface area contributed by atoms with Crippen LogP contribution in [0.1, 0.15) is 24.2 Å². The number of fused-ring (bicyclic) bond motifs is 1. The van der Waals surface area contributed by atoms with Gasteiger partial charge in [0.25, 0.3) is 0 Å². The van der Waals surface area contributed by atoms with Crippen LogP contribution in [0, 0.1) is 18.3 Å². The van der Waals surface area contributed by atoms with E-state index in [1.807, 2.05) is 42.8 Å². The lowest BCUT2D eigenvalue weighted by Gasteiger charge is -2.04. The van der Waals surface area contributed by atoms with Gasteiger partial charge in [-0.2, -0.15) is 5.26 Å². The Morgan fingerprint density at radius 1 is 1.53 bits per heavy atom. The molecule has 0 radical (unpaired) electrons. The molecule has 1 aromatic heterocycles. The lowest BCUT2D eigenvalue weighted by atomic mass is 10.2. The summed E-state index contributed by atoms with van der Waals surface area (Å²) >= 11 is 0. The molecule has 0 unspecified atom stereocenters. The van der Waals surface area contributed by atoms with Crippen LogP contribution in [0.4, 0.5) is 0 Å². The second-order valence-electron chi connectivity index (χ2n) is 4.48. The van der Waals surface area contributed by atoms with Crippen LogP contribution in [0.25, 0.3) is 11.0 Å². The molecule has 1 aromatic carbocycles. The minimum Gasteiger partial charge on any atom is -0.352 e. The van der Waals surface area contributed by atoms with Crippen LogP contribution in [0.2, 0.25) is 0 Å². The number of carbonyl (C=O) groups excluding carboxylic acids is 1. The first-order chi connectivity index (χ1) is 9.11. The zero-order valence-electron chi connectivity index (χ0n) is 11.1. The number of nitrogens with zero attached hydrogens (tertiary/aromatic N) is 3. The van der Waals surface area contributed by atoms with Gasteiger partial charge in [0.1, 0.15) is 5.82 Å². The number of amides is 1. The van der Waals surface area contributed by atoms with Crippen molar-refractivity contribution in [3.8, 4) is 6.07 Å². The first-order valence-corrected chi connectivity index (χ1v) is 6.17. The molecule has 2 rings (SSSR count). The van der Waals surface area contributed by atoms with Gasteiger partial charge in [-0.25, -0.2) is 4.98 Å². The molecule has 0 bridgehead atoms. The number of benzene rings is 1. The molecule has 1 amide bonds. The minimum absolute atomic E-state index is 0.0983. The average Bonchev–Trinajstić information content (AvgIpc) is 2.69. The highest BCUT2D eigenvalue weighted by atomic mass is 16.1. The smallest absolute Gasteiger partial charge is 0.221 e. The van der Waals surface area contributed by atoms with E-state index in [0.29, 0.717) is 6.54 Å². The lowest BCUT2D eigenvalue weighted by Crippen LogP contribution is -2.22. The molecule has 0 aliphatic carbocycles. The first-order valence-electron chi connectivity index (χ1n) is 6.17. The number of hydrogen-bond acceptors (Lipinski definition) is 3. The van der Waals surface area contributed by atoms with Crippen molar-refractivity contribution in [2.75, 3.05) is 0 Å². The van der Waals surface area contributed by atoms with Crippen molar-refractivity contribution in [1.82, 2.24) is 14.9 Å². The fourth-order valence-electron chi connectivity index (χ4n) is 1.93. The Kier molecular flexibility index (Phi) is 3.81. The third-order valence-electron chi connectivity index (χ3n) is 3.12. The predicted molar refractivity (Wildman–Crippen MR) is 72.1 cm³/mol. The Morgan fingerprint density at radius 2 is 2.32 bits per heavy atom. The fraction of sp³-hybridized carbons (Fsp3) is 0.357. The zero-order chi connectivity index (χ0) is 13.8. The van der Waals surface area contributed by atoms with Crippen molar-refractivity contribution in [2.24, 2.45) is 7.05 Å². The van der Waals surface area contributed by atoms with E-state index in [-0.39, 0.29) is 18.7 Å². The van der Waals surface area contributed by atoms with E-state index in [9.17, 15) is 4.79 Å². The molecule has 2 aromatic rings. The Labute approximate surface area is 111 Å². The Hall–Kier alpha value is -2.35. The summed E-state index contributed by atoms with van der Waals surface area (Å²) < 4.78 is 2.03. The highest BCUT2D eigenvalue weighted by Crippen LogP contribution is 2.16. The largest absolute Gasteiger partial charge is 0.352 e. The SMILES string of the molecule is Cc1nc2cc(CNC(=O)CCC#N)ccc2n1C. The molecular weight excluding hydrogens is 240 g/mol. The van der Waals surface area contributed by atoms with Crippen molar-refractivity contribution in [1.29, 1.82) is 5.26 Å². The number of nitrogens with one attached hydrogen (secondary N) is 1. The van der Waals surface area contributed by atoms with Gasteiger partial charge < -0.3 is 9.88 Å². The van der Waals surface area contributed by atoms with E-state index in [4.69, 9.17) is 5.26 Å². The van der Waals surface area contributed by atoms with Gasteiger partial charge in [0, 0.05) is 26.4 Å². The van der Waals surface area contributed by atoms with Crippen LogP contribution in [0.5, 0.6) is 0 Å². The molecule has 0 spiro atoms. The Morgan fingerprint density at radius 3 is 3.05 bits per heavy atom. The van der Waals surface area contributed by atoms with Gasteiger partial charge in [-0.05, 0) is 24.6 Å². The van der Waals surface area contributed by atoms with Gasteiger partial charge in [-0.1, -0.05) is 6.07 Å². The normalized spacial score (nSPS) is 10.4. The van der Waals surface area contributed by atoms with Crippen LogP contribution >= 0.6 is 0 Å². The van der Waals surface area contributed by atoms with Crippen molar-refractivity contribution < 1.29 is 4.79 Å². The first kappa shape index (κ1) is 13.1. The van der Waals surface area contributed by atoms with Crippen LogP contribution in [0.3, 0.4) is 0 Å². The highest BCUT2D eigenvalue weighted by molar-refractivity contribution is 5.78. The average molecular weight is 256 g/mol. The van der Waals surface area contributed by atoms with Crippen LogP contribution in [-0.2, 0) is 18.4 Å². The quantitative estimate of drug-likeness (QED) is 0.906. The molecule has 5 nitrogen and oxygen atoms in total. The summed E-state index contributed by atoms with van der Waals surface area (Å²) in [6.45, 7) is 2.43. The molecule has 0 atom stereocenters.